The summed E-state index contributed by atoms with van der Waals surface area (Å²) < 4.78 is 0.524. The number of amides is 1. The number of anilines is 1. The number of hydrogen-bond donors (Lipinski definition) is 2. The van der Waals surface area contributed by atoms with Gasteiger partial charge in [0.25, 0.3) is 5.91 Å². The predicted molar refractivity (Wildman–Crippen MR) is 120 cm³/mol. The number of ketones is 1. The second-order valence-corrected chi connectivity index (χ2v) is 8.65. The van der Waals surface area contributed by atoms with Crippen molar-refractivity contribution < 1.29 is 19.5 Å². The molecule has 0 aliphatic rings. The first kappa shape index (κ1) is 20.7. The average molecular weight is 450 g/mol. The van der Waals surface area contributed by atoms with Gasteiger partial charge in [-0.2, -0.15) is 0 Å². The minimum Gasteiger partial charge on any atom is -0.478 e. The van der Waals surface area contributed by atoms with Crippen LogP contribution in [0.3, 0.4) is 0 Å². The van der Waals surface area contributed by atoms with Crippen LogP contribution in [0.1, 0.15) is 31.1 Å². The molecule has 3 aromatic carbocycles. The summed E-state index contributed by atoms with van der Waals surface area (Å²) in [6.07, 6.45) is 0. The largest absolute Gasteiger partial charge is 0.478 e. The van der Waals surface area contributed by atoms with E-state index in [1.807, 2.05) is 36.4 Å². The van der Waals surface area contributed by atoms with Crippen molar-refractivity contribution in [3.63, 3.8) is 0 Å². The Morgan fingerprint density at radius 3 is 2.39 bits per heavy atom. The first-order chi connectivity index (χ1) is 15.0. The number of benzene rings is 3. The maximum atomic E-state index is 12.5. The van der Waals surface area contributed by atoms with E-state index in [1.165, 1.54) is 23.9 Å². The number of carbonyl (C=O) groups is 3. The second-order valence-electron chi connectivity index (χ2n) is 6.45. The van der Waals surface area contributed by atoms with Crippen molar-refractivity contribution in [1.29, 1.82) is 0 Å². The molecule has 31 heavy (non-hydrogen) atoms. The molecule has 1 amide bonds. The van der Waals surface area contributed by atoms with Gasteiger partial charge in [0.2, 0.25) is 5.13 Å². The molecular weight excluding hydrogens is 434 g/mol. The lowest BCUT2D eigenvalue weighted by molar-refractivity contribution is 0.0692. The van der Waals surface area contributed by atoms with E-state index in [-0.39, 0.29) is 27.8 Å². The SMILES string of the molecule is O=C(CSc1nnc(NC(=O)c2ccccc2C(=O)O)s1)c1ccc2ccccc2c1. The van der Waals surface area contributed by atoms with Crippen LogP contribution in [0, 0.1) is 0 Å². The quantitative estimate of drug-likeness (QED) is 0.241. The van der Waals surface area contributed by atoms with Crippen LogP contribution in [-0.4, -0.2) is 38.7 Å². The number of carbonyl (C=O) groups excluding carboxylic acids is 2. The van der Waals surface area contributed by atoms with Gasteiger partial charge >= 0.3 is 5.97 Å². The molecule has 0 fully saturated rings. The van der Waals surface area contributed by atoms with Crippen molar-refractivity contribution in [3.05, 3.63) is 83.4 Å². The number of carboxylic acid groups (broad SMARTS) is 1. The van der Waals surface area contributed by atoms with E-state index in [0.717, 1.165) is 22.1 Å². The number of nitrogens with one attached hydrogen (secondary N) is 1. The lowest BCUT2D eigenvalue weighted by Gasteiger charge is -2.04. The van der Waals surface area contributed by atoms with Crippen LogP contribution in [0.5, 0.6) is 0 Å². The number of thioether (sulfide) groups is 1. The van der Waals surface area contributed by atoms with Gasteiger partial charge in [-0.05, 0) is 29.0 Å². The molecule has 1 heterocycles. The molecule has 0 spiro atoms. The number of fused-ring (bicyclic) bond motifs is 1. The Balaban J connectivity index is 1.39. The van der Waals surface area contributed by atoms with E-state index in [0.29, 0.717) is 9.90 Å². The van der Waals surface area contributed by atoms with Gasteiger partial charge in [-0.1, -0.05) is 71.6 Å². The molecule has 1 aromatic heterocycles. The van der Waals surface area contributed by atoms with Gasteiger partial charge in [-0.25, -0.2) is 4.79 Å². The summed E-state index contributed by atoms with van der Waals surface area (Å²) in [5.41, 5.74) is 0.556. The van der Waals surface area contributed by atoms with Crippen molar-refractivity contribution in [2.75, 3.05) is 11.1 Å². The van der Waals surface area contributed by atoms with Gasteiger partial charge in [-0.3, -0.25) is 14.9 Å². The number of aromatic carboxylic acids is 1. The number of Topliss-reactive ketones (excluding diaryl/α,β-unsaturated/α-hetero) is 1. The van der Waals surface area contributed by atoms with Crippen LogP contribution >= 0.6 is 23.1 Å². The Hall–Kier alpha value is -3.56. The highest BCUT2D eigenvalue weighted by molar-refractivity contribution is 8.01. The molecule has 9 heteroatoms. The Morgan fingerprint density at radius 1 is 0.903 bits per heavy atom. The highest BCUT2D eigenvalue weighted by atomic mass is 32.2. The molecule has 7 nitrogen and oxygen atoms in total. The van der Waals surface area contributed by atoms with E-state index in [4.69, 9.17) is 0 Å². The average Bonchev–Trinajstić information content (AvgIpc) is 3.24. The molecule has 0 aliphatic carbocycles. The normalized spacial score (nSPS) is 10.7. The molecule has 2 N–H and O–H groups in total. The second kappa shape index (κ2) is 9.07. The number of hydrogen-bond acceptors (Lipinski definition) is 7. The third kappa shape index (κ3) is 4.79. The summed E-state index contributed by atoms with van der Waals surface area (Å²) in [7, 11) is 0. The van der Waals surface area contributed by atoms with Crippen LogP contribution in [0.4, 0.5) is 5.13 Å². The van der Waals surface area contributed by atoms with Crippen molar-refractivity contribution in [1.82, 2.24) is 10.2 Å². The van der Waals surface area contributed by atoms with E-state index >= 15 is 0 Å². The summed E-state index contributed by atoms with van der Waals surface area (Å²) in [5, 5.41) is 22.0. The first-order valence-corrected chi connectivity index (χ1v) is 10.9. The summed E-state index contributed by atoms with van der Waals surface area (Å²) in [6.45, 7) is 0. The van der Waals surface area contributed by atoms with Crippen LogP contribution in [-0.2, 0) is 0 Å². The molecule has 0 atom stereocenters. The molecule has 4 aromatic rings. The highest BCUT2D eigenvalue weighted by Crippen LogP contribution is 2.27. The summed E-state index contributed by atoms with van der Waals surface area (Å²) in [4.78, 5) is 36.2. The maximum Gasteiger partial charge on any atom is 0.336 e. The summed E-state index contributed by atoms with van der Waals surface area (Å²) in [6, 6.07) is 19.3. The highest BCUT2D eigenvalue weighted by Gasteiger charge is 2.18. The molecule has 0 saturated heterocycles. The summed E-state index contributed by atoms with van der Waals surface area (Å²) >= 11 is 2.35. The van der Waals surface area contributed by atoms with Gasteiger partial charge in [0.15, 0.2) is 10.1 Å². The molecular formula is C22H15N3O4S2. The number of aromatic nitrogens is 2. The van der Waals surface area contributed by atoms with Gasteiger partial charge in [0, 0.05) is 5.56 Å². The lowest BCUT2D eigenvalue weighted by Crippen LogP contribution is -2.16. The van der Waals surface area contributed by atoms with Crippen LogP contribution < -0.4 is 5.32 Å². The Morgan fingerprint density at radius 2 is 1.61 bits per heavy atom. The zero-order valence-electron chi connectivity index (χ0n) is 15.9. The standard InChI is InChI=1S/C22H15N3O4S2/c26-18(15-10-9-13-5-1-2-6-14(13)11-15)12-30-22-25-24-21(31-22)23-19(27)16-7-3-4-8-17(16)20(28)29/h1-11H,12H2,(H,28,29)(H,23,24,27). The van der Waals surface area contributed by atoms with Crippen LogP contribution in [0.15, 0.2) is 71.1 Å². The molecule has 0 aliphatic heterocycles. The van der Waals surface area contributed by atoms with E-state index in [9.17, 15) is 19.5 Å². The van der Waals surface area contributed by atoms with Gasteiger partial charge in [0.05, 0.1) is 16.9 Å². The fourth-order valence-corrected chi connectivity index (χ4v) is 4.57. The van der Waals surface area contributed by atoms with Crippen molar-refractivity contribution in [2.24, 2.45) is 0 Å². The first-order valence-electron chi connectivity index (χ1n) is 9.13. The van der Waals surface area contributed by atoms with Crippen LogP contribution in [0.2, 0.25) is 0 Å². The Labute approximate surface area is 185 Å². The number of nitrogens with zero attached hydrogens (tertiary/aromatic N) is 2. The van der Waals surface area contributed by atoms with Gasteiger partial charge in [0.1, 0.15) is 0 Å². The summed E-state index contributed by atoms with van der Waals surface area (Å²) in [5.74, 6) is -1.63. The lowest BCUT2D eigenvalue weighted by atomic mass is 10.1. The molecule has 0 unspecified atom stereocenters. The van der Waals surface area contributed by atoms with E-state index in [2.05, 4.69) is 15.5 Å². The third-order valence-corrected chi connectivity index (χ3v) is 6.40. The number of rotatable bonds is 7. The molecule has 4 rings (SSSR count). The fourth-order valence-electron chi connectivity index (χ4n) is 2.92. The number of carboxylic acids is 1. The topological polar surface area (TPSA) is 109 Å². The third-order valence-electron chi connectivity index (χ3n) is 4.43. The maximum absolute atomic E-state index is 12.5. The Bertz CT molecular complexity index is 1300. The molecule has 0 saturated carbocycles. The van der Waals surface area contributed by atoms with E-state index < -0.39 is 11.9 Å². The fraction of sp³-hybridized carbons (Fsp3) is 0.0455. The minimum absolute atomic E-state index is 0.0332. The molecule has 0 radical (unpaired) electrons. The van der Waals surface area contributed by atoms with Gasteiger partial charge < -0.3 is 5.11 Å². The minimum atomic E-state index is -1.19. The Kier molecular flexibility index (Phi) is 6.06. The molecule has 154 valence electrons. The van der Waals surface area contributed by atoms with Gasteiger partial charge in [-0.15, -0.1) is 10.2 Å². The van der Waals surface area contributed by atoms with Crippen molar-refractivity contribution in [3.8, 4) is 0 Å². The zero-order valence-corrected chi connectivity index (χ0v) is 17.6. The van der Waals surface area contributed by atoms with Crippen molar-refractivity contribution in [2.45, 2.75) is 4.34 Å². The zero-order chi connectivity index (χ0) is 21.8. The monoisotopic (exact) mass is 449 g/mol. The molecule has 0 bridgehead atoms. The van der Waals surface area contributed by atoms with Crippen LogP contribution in [0.25, 0.3) is 10.8 Å². The smallest absolute Gasteiger partial charge is 0.336 e. The van der Waals surface area contributed by atoms with Crippen molar-refractivity contribution >= 4 is 56.7 Å². The van der Waals surface area contributed by atoms with E-state index in [1.54, 1.807) is 18.2 Å². The predicted octanol–water partition coefficient (Wildman–Crippen LogP) is 4.62.